The van der Waals surface area contributed by atoms with Gasteiger partial charge in [-0.25, -0.2) is 0 Å². The van der Waals surface area contributed by atoms with Gasteiger partial charge < -0.3 is 15.8 Å². The van der Waals surface area contributed by atoms with Gasteiger partial charge in [0, 0.05) is 11.3 Å². The highest BCUT2D eigenvalue weighted by atomic mass is 16.5. The molecule has 0 spiro atoms. The standard InChI is InChI=1S/C13H18N2O2/c1-5-9-13(16)15-11-7(3)6(2)10(14)8(4)12(11)17-9/h9H,5,14H2,1-4H3,(H,15,16). The summed E-state index contributed by atoms with van der Waals surface area (Å²) in [6.07, 6.45) is 0.236. The first-order chi connectivity index (χ1) is 7.97. The van der Waals surface area contributed by atoms with E-state index in [4.69, 9.17) is 10.5 Å². The number of fused-ring (bicyclic) bond motifs is 1. The number of nitrogen functional groups attached to an aromatic ring is 1. The Hall–Kier alpha value is -1.71. The lowest BCUT2D eigenvalue weighted by atomic mass is 9.98. The van der Waals surface area contributed by atoms with Crippen LogP contribution in [0, 0.1) is 20.8 Å². The van der Waals surface area contributed by atoms with Gasteiger partial charge in [-0.1, -0.05) is 6.92 Å². The van der Waals surface area contributed by atoms with Gasteiger partial charge in [0.2, 0.25) is 0 Å². The molecule has 2 rings (SSSR count). The molecule has 3 N–H and O–H groups in total. The molecule has 1 aliphatic heterocycles. The molecule has 1 amide bonds. The number of ether oxygens (including phenoxy) is 1. The van der Waals surface area contributed by atoms with E-state index in [-0.39, 0.29) is 5.91 Å². The normalized spacial score (nSPS) is 18.4. The van der Waals surface area contributed by atoms with E-state index < -0.39 is 6.10 Å². The largest absolute Gasteiger partial charge is 0.478 e. The van der Waals surface area contributed by atoms with Crippen molar-refractivity contribution in [3.05, 3.63) is 16.7 Å². The van der Waals surface area contributed by atoms with Gasteiger partial charge in [0.1, 0.15) is 5.75 Å². The number of nitrogens with two attached hydrogens (primary N) is 1. The van der Waals surface area contributed by atoms with Crippen molar-refractivity contribution in [2.24, 2.45) is 0 Å². The Kier molecular flexibility index (Phi) is 2.73. The van der Waals surface area contributed by atoms with Crippen molar-refractivity contribution in [1.29, 1.82) is 0 Å². The molecule has 4 heteroatoms. The zero-order valence-electron chi connectivity index (χ0n) is 10.7. The lowest BCUT2D eigenvalue weighted by Gasteiger charge is -2.29. The van der Waals surface area contributed by atoms with Crippen molar-refractivity contribution in [2.75, 3.05) is 11.1 Å². The summed E-state index contributed by atoms with van der Waals surface area (Å²) in [5, 5.41) is 2.92. The van der Waals surface area contributed by atoms with E-state index in [1.807, 2.05) is 27.7 Å². The van der Waals surface area contributed by atoms with Crippen LogP contribution >= 0.6 is 0 Å². The summed E-state index contributed by atoms with van der Waals surface area (Å²) in [5.74, 6) is 0.642. The third-order valence-corrected chi connectivity index (χ3v) is 3.48. The van der Waals surface area contributed by atoms with Crippen LogP contribution in [0.25, 0.3) is 0 Å². The highest BCUT2D eigenvalue weighted by molar-refractivity contribution is 6.00. The SMILES string of the molecule is CCC1Oc2c(C)c(N)c(C)c(C)c2NC1=O. The van der Waals surface area contributed by atoms with Crippen LogP contribution in [0.5, 0.6) is 5.75 Å². The number of anilines is 2. The highest BCUT2D eigenvalue weighted by Gasteiger charge is 2.30. The molecule has 1 heterocycles. The van der Waals surface area contributed by atoms with Crippen LogP contribution in [-0.4, -0.2) is 12.0 Å². The van der Waals surface area contributed by atoms with E-state index in [0.717, 1.165) is 33.8 Å². The number of rotatable bonds is 1. The Labute approximate surface area is 101 Å². The fourth-order valence-corrected chi connectivity index (χ4v) is 2.12. The average molecular weight is 234 g/mol. The fraction of sp³-hybridized carbons (Fsp3) is 0.462. The smallest absolute Gasteiger partial charge is 0.265 e. The summed E-state index contributed by atoms with van der Waals surface area (Å²) in [6, 6.07) is 0. The van der Waals surface area contributed by atoms with Gasteiger partial charge in [0.05, 0.1) is 5.69 Å². The maximum atomic E-state index is 11.8. The topological polar surface area (TPSA) is 64.3 Å². The second kappa shape index (κ2) is 3.95. The Morgan fingerprint density at radius 2 is 1.88 bits per heavy atom. The van der Waals surface area contributed by atoms with Gasteiger partial charge in [-0.15, -0.1) is 0 Å². The van der Waals surface area contributed by atoms with Crippen LogP contribution in [0.3, 0.4) is 0 Å². The molecular formula is C13H18N2O2. The average Bonchev–Trinajstić information content (AvgIpc) is 2.33. The molecule has 0 aromatic heterocycles. The molecule has 17 heavy (non-hydrogen) atoms. The van der Waals surface area contributed by atoms with Crippen LogP contribution in [0.1, 0.15) is 30.0 Å². The van der Waals surface area contributed by atoms with Gasteiger partial charge in [-0.05, 0) is 38.3 Å². The van der Waals surface area contributed by atoms with Gasteiger partial charge in [-0.2, -0.15) is 0 Å². The van der Waals surface area contributed by atoms with E-state index in [1.165, 1.54) is 0 Å². The Bertz CT molecular complexity index is 495. The molecule has 0 saturated carbocycles. The summed E-state index contributed by atoms with van der Waals surface area (Å²) in [5.41, 5.74) is 10.4. The van der Waals surface area contributed by atoms with Gasteiger partial charge in [-0.3, -0.25) is 4.79 Å². The van der Waals surface area contributed by atoms with E-state index >= 15 is 0 Å². The third kappa shape index (κ3) is 1.64. The molecule has 0 fully saturated rings. The molecule has 0 saturated heterocycles. The van der Waals surface area contributed by atoms with Crippen LogP contribution in [0.4, 0.5) is 11.4 Å². The summed E-state index contributed by atoms with van der Waals surface area (Å²) in [7, 11) is 0. The maximum absolute atomic E-state index is 11.8. The minimum absolute atomic E-state index is 0.0772. The Morgan fingerprint density at radius 1 is 1.24 bits per heavy atom. The van der Waals surface area contributed by atoms with Crippen molar-refractivity contribution in [2.45, 2.75) is 40.2 Å². The van der Waals surface area contributed by atoms with Gasteiger partial charge >= 0.3 is 0 Å². The predicted octanol–water partition coefficient (Wildman–Crippen LogP) is 2.30. The third-order valence-electron chi connectivity index (χ3n) is 3.48. The number of carbonyl (C=O) groups excluding carboxylic acids is 1. The summed E-state index contributed by atoms with van der Waals surface area (Å²) in [4.78, 5) is 11.8. The van der Waals surface area contributed by atoms with Crippen molar-refractivity contribution in [1.82, 2.24) is 0 Å². The first kappa shape index (κ1) is 11.8. The predicted molar refractivity (Wildman–Crippen MR) is 68.4 cm³/mol. The Balaban J connectivity index is 2.62. The molecule has 1 atom stereocenters. The first-order valence-corrected chi connectivity index (χ1v) is 5.84. The molecule has 0 radical (unpaired) electrons. The number of benzene rings is 1. The monoisotopic (exact) mass is 234 g/mol. The molecule has 0 aliphatic carbocycles. The lowest BCUT2D eigenvalue weighted by molar-refractivity contribution is -0.123. The van der Waals surface area contributed by atoms with E-state index in [2.05, 4.69) is 5.32 Å². The zero-order chi connectivity index (χ0) is 12.7. The second-order valence-corrected chi connectivity index (χ2v) is 4.50. The molecule has 1 aromatic rings. The van der Waals surface area contributed by atoms with Crippen molar-refractivity contribution < 1.29 is 9.53 Å². The number of amides is 1. The summed E-state index contributed by atoms with van der Waals surface area (Å²) in [6.45, 7) is 7.75. The molecule has 0 bridgehead atoms. The molecule has 92 valence electrons. The van der Waals surface area contributed by atoms with Gasteiger partial charge in [0.15, 0.2) is 6.10 Å². The van der Waals surface area contributed by atoms with Crippen molar-refractivity contribution in [3.8, 4) is 5.75 Å². The lowest BCUT2D eigenvalue weighted by Crippen LogP contribution is -2.37. The summed E-state index contributed by atoms with van der Waals surface area (Å²) >= 11 is 0. The second-order valence-electron chi connectivity index (χ2n) is 4.50. The number of hydrogen-bond acceptors (Lipinski definition) is 3. The quantitative estimate of drug-likeness (QED) is 0.733. The van der Waals surface area contributed by atoms with E-state index in [1.54, 1.807) is 0 Å². The van der Waals surface area contributed by atoms with Crippen molar-refractivity contribution in [3.63, 3.8) is 0 Å². The maximum Gasteiger partial charge on any atom is 0.265 e. The fourth-order valence-electron chi connectivity index (χ4n) is 2.12. The van der Waals surface area contributed by atoms with E-state index in [0.29, 0.717) is 6.42 Å². The van der Waals surface area contributed by atoms with Crippen LogP contribution in [0.15, 0.2) is 0 Å². The highest BCUT2D eigenvalue weighted by Crippen LogP contribution is 2.41. The van der Waals surface area contributed by atoms with Gasteiger partial charge in [0.25, 0.3) is 5.91 Å². The summed E-state index contributed by atoms with van der Waals surface area (Å²) < 4.78 is 5.75. The first-order valence-electron chi connectivity index (χ1n) is 5.84. The molecule has 1 aliphatic rings. The molecular weight excluding hydrogens is 216 g/mol. The number of carbonyl (C=O) groups is 1. The Morgan fingerprint density at radius 3 is 2.47 bits per heavy atom. The number of hydrogen-bond donors (Lipinski definition) is 2. The van der Waals surface area contributed by atoms with E-state index in [9.17, 15) is 4.79 Å². The zero-order valence-corrected chi connectivity index (χ0v) is 10.7. The van der Waals surface area contributed by atoms with Crippen LogP contribution in [-0.2, 0) is 4.79 Å². The molecule has 1 unspecified atom stereocenters. The minimum atomic E-state index is -0.414. The molecule has 1 aromatic carbocycles. The number of nitrogens with one attached hydrogen (secondary N) is 1. The van der Waals surface area contributed by atoms with Crippen LogP contribution < -0.4 is 15.8 Å². The minimum Gasteiger partial charge on any atom is -0.478 e. The van der Waals surface area contributed by atoms with Crippen LogP contribution in [0.2, 0.25) is 0 Å². The van der Waals surface area contributed by atoms with Crippen molar-refractivity contribution >= 4 is 17.3 Å². The molecule has 4 nitrogen and oxygen atoms in total.